The number of hydrogen-bond acceptors (Lipinski definition) is 0. The minimum absolute atomic E-state index is 0.210. The first kappa shape index (κ1) is 11.0. The van der Waals surface area contributed by atoms with Crippen molar-refractivity contribution in [2.24, 2.45) is 0 Å². The summed E-state index contributed by atoms with van der Waals surface area (Å²) in [5, 5.41) is 1.16. The summed E-state index contributed by atoms with van der Waals surface area (Å²) in [4.78, 5) is 3.34. The first-order chi connectivity index (χ1) is 8.63. The molecule has 1 nitrogen and oxygen atoms in total. The molecule has 0 spiro atoms. The monoisotopic (exact) mass is 239 g/mol. The number of benzene rings is 2. The van der Waals surface area contributed by atoms with Gasteiger partial charge in [-0.25, -0.2) is 4.39 Å². The minimum Gasteiger partial charge on any atom is -0.355 e. The zero-order valence-corrected chi connectivity index (χ0v) is 10.4. The van der Waals surface area contributed by atoms with E-state index in [-0.39, 0.29) is 5.82 Å². The molecule has 3 rings (SSSR count). The average Bonchev–Trinajstić information content (AvgIpc) is 2.73. The predicted molar refractivity (Wildman–Crippen MR) is 73.2 cm³/mol. The molecule has 0 saturated heterocycles. The smallest absolute Gasteiger partial charge is 0.123 e. The first-order valence-electron chi connectivity index (χ1n) is 5.99. The fourth-order valence-electron chi connectivity index (χ4n) is 2.21. The fourth-order valence-corrected chi connectivity index (χ4v) is 2.21. The van der Waals surface area contributed by atoms with Gasteiger partial charge in [-0.2, -0.15) is 0 Å². The van der Waals surface area contributed by atoms with Crippen LogP contribution in [0.25, 0.3) is 22.2 Å². The Morgan fingerprint density at radius 3 is 2.50 bits per heavy atom. The van der Waals surface area contributed by atoms with Crippen LogP contribution in [-0.4, -0.2) is 4.98 Å². The summed E-state index contributed by atoms with van der Waals surface area (Å²) in [6, 6.07) is 13.0. The van der Waals surface area contributed by atoms with Crippen molar-refractivity contribution in [1.29, 1.82) is 0 Å². The third kappa shape index (κ3) is 1.80. The Labute approximate surface area is 105 Å². The number of nitrogens with one attached hydrogen (secondary N) is 1. The maximum atomic E-state index is 13.2. The summed E-state index contributed by atoms with van der Waals surface area (Å²) >= 11 is 0. The lowest BCUT2D eigenvalue weighted by molar-refractivity contribution is 0.628. The van der Waals surface area contributed by atoms with Gasteiger partial charge in [-0.1, -0.05) is 12.1 Å². The van der Waals surface area contributed by atoms with Crippen molar-refractivity contribution in [1.82, 2.24) is 4.98 Å². The van der Waals surface area contributed by atoms with Gasteiger partial charge in [0.2, 0.25) is 0 Å². The van der Waals surface area contributed by atoms with Crippen molar-refractivity contribution in [3.05, 3.63) is 59.4 Å². The molecule has 18 heavy (non-hydrogen) atoms. The molecule has 0 saturated carbocycles. The lowest BCUT2D eigenvalue weighted by atomic mass is 10.1. The Kier molecular flexibility index (Phi) is 2.44. The number of rotatable bonds is 1. The molecule has 0 aliphatic carbocycles. The van der Waals surface area contributed by atoms with Gasteiger partial charge in [0.1, 0.15) is 5.82 Å². The van der Waals surface area contributed by atoms with Crippen LogP contribution in [0.2, 0.25) is 0 Å². The van der Waals surface area contributed by atoms with Crippen LogP contribution < -0.4 is 0 Å². The van der Waals surface area contributed by atoms with Crippen LogP contribution in [0, 0.1) is 19.7 Å². The molecular weight excluding hydrogens is 225 g/mol. The second kappa shape index (κ2) is 3.98. The van der Waals surface area contributed by atoms with E-state index in [1.807, 2.05) is 6.07 Å². The van der Waals surface area contributed by atoms with Crippen LogP contribution in [0.15, 0.2) is 42.5 Å². The van der Waals surface area contributed by atoms with Crippen molar-refractivity contribution < 1.29 is 4.39 Å². The molecule has 0 fully saturated rings. The van der Waals surface area contributed by atoms with Crippen LogP contribution in [0.5, 0.6) is 0 Å². The molecule has 0 radical (unpaired) electrons. The second-order valence-electron chi connectivity index (χ2n) is 4.72. The van der Waals surface area contributed by atoms with Gasteiger partial charge in [0.05, 0.1) is 0 Å². The number of aromatic amines is 1. The van der Waals surface area contributed by atoms with E-state index in [1.54, 1.807) is 12.1 Å². The van der Waals surface area contributed by atoms with Gasteiger partial charge in [0.25, 0.3) is 0 Å². The van der Waals surface area contributed by atoms with Gasteiger partial charge in [0, 0.05) is 22.2 Å². The van der Waals surface area contributed by atoms with Crippen LogP contribution in [0.1, 0.15) is 11.1 Å². The highest BCUT2D eigenvalue weighted by atomic mass is 19.1. The Hall–Kier alpha value is -2.09. The zero-order chi connectivity index (χ0) is 12.7. The Morgan fingerprint density at radius 2 is 1.72 bits per heavy atom. The Bertz CT molecular complexity index is 686. The molecule has 1 heterocycles. The maximum Gasteiger partial charge on any atom is 0.123 e. The fraction of sp³-hybridized carbons (Fsp3) is 0.125. The standard InChI is InChI=1S/C16H14FN/c1-10-6-13-9-16(18-15(13)7-11(10)2)12-4-3-5-14(17)8-12/h3-9,18H,1-2H3. The lowest BCUT2D eigenvalue weighted by Gasteiger charge is -1.98. The SMILES string of the molecule is Cc1cc2cc(-c3cccc(F)c3)[nH]c2cc1C. The van der Waals surface area contributed by atoms with Crippen molar-refractivity contribution in [2.75, 3.05) is 0 Å². The van der Waals surface area contributed by atoms with Crippen molar-refractivity contribution in [3.63, 3.8) is 0 Å². The first-order valence-corrected chi connectivity index (χ1v) is 5.99. The van der Waals surface area contributed by atoms with Gasteiger partial charge in [0.15, 0.2) is 0 Å². The minimum atomic E-state index is -0.210. The Morgan fingerprint density at radius 1 is 0.944 bits per heavy atom. The van der Waals surface area contributed by atoms with Crippen molar-refractivity contribution >= 4 is 10.9 Å². The highest BCUT2D eigenvalue weighted by Gasteiger charge is 2.05. The summed E-state index contributed by atoms with van der Waals surface area (Å²) in [6.07, 6.45) is 0. The van der Waals surface area contributed by atoms with Crippen LogP contribution in [-0.2, 0) is 0 Å². The molecule has 0 unspecified atom stereocenters. The number of aromatic nitrogens is 1. The van der Waals surface area contributed by atoms with E-state index in [4.69, 9.17) is 0 Å². The number of fused-ring (bicyclic) bond motifs is 1. The van der Waals surface area contributed by atoms with Crippen LogP contribution in [0.3, 0.4) is 0 Å². The number of halogens is 1. The molecule has 0 bridgehead atoms. The normalized spacial score (nSPS) is 11.1. The highest BCUT2D eigenvalue weighted by molar-refractivity contribution is 5.87. The third-order valence-corrected chi connectivity index (χ3v) is 3.37. The number of aryl methyl sites for hydroxylation is 2. The lowest BCUT2D eigenvalue weighted by Crippen LogP contribution is -1.80. The molecule has 2 aromatic carbocycles. The summed E-state index contributed by atoms with van der Waals surface area (Å²) in [6.45, 7) is 4.20. The number of H-pyrrole nitrogens is 1. The van der Waals surface area contributed by atoms with E-state index in [2.05, 4.69) is 37.0 Å². The largest absolute Gasteiger partial charge is 0.355 e. The molecule has 0 atom stereocenters. The van der Waals surface area contributed by atoms with E-state index >= 15 is 0 Å². The van der Waals surface area contributed by atoms with Gasteiger partial charge < -0.3 is 4.98 Å². The van der Waals surface area contributed by atoms with Crippen LogP contribution >= 0.6 is 0 Å². The van der Waals surface area contributed by atoms with E-state index in [0.717, 1.165) is 22.2 Å². The molecule has 0 aliphatic heterocycles. The molecular formula is C16H14FN. The molecule has 2 heteroatoms. The van der Waals surface area contributed by atoms with Gasteiger partial charge in [-0.15, -0.1) is 0 Å². The van der Waals surface area contributed by atoms with Gasteiger partial charge >= 0.3 is 0 Å². The van der Waals surface area contributed by atoms with E-state index in [1.165, 1.54) is 17.2 Å². The molecule has 3 aromatic rings. The second-order valence-corrected chi connectivity index (χ2v) is 4.72. The van der Waals surface area contributed by atoms with Gasteiger partial charge in [-0.05, 0) is 55.3 Å². The van der Waals surface area contributed by atoms with Crippen LogP contribution in [0.4, 0.5) is 4.39 Å². The third-order valence-electron chi connectivity index (χ3n) is 3.37. The van der Waals surface area contributed by atoms with Gasteiger partial charge in [-0.3, -0.25) is 0 Å². The molecule has 1 aromatic heterocycles. The number of hydrogen-bond donors (Lipinski definition) is 1. The average molecular weight is 239 g/mol. The molecule has 90 valence electrons. The predicted octanol–water partition coefficient (Wildman–Crippen LogP) is 4.59. The summed E-state index contributed by atoms with van der Waals surface area (Å²) < 4.78 is 13.2. The summed E-state index contributed by atoms with van der Waals surface area (Å²) in [7, 11) is 0. The van der Waals surface area contributed by atoms with E-state index in [0.29, 0.717) is 0 Å². The Balaban J connectivity index is 2.19. The topological polar surface area (TPSA) is 15.8 Å². The van der Waals surface area contributed by atoms with Crippen molar-refractivity contribution in [2.45, 2.75) is 13.8 Å². The quantitative estimate of drug-likeness (QED) is 0.639. The molecule has 1 N–H and O–H groups in total. The molecule has 0 amide bonds. The highest BCUT2D eigenvalue weighted by Crippen LogP contribution is 2.26. The van der Waals surface area contributed by atoms with Crippen molar-refractivity contribution in [3.8, 4) is 11.3 Å². The maximum absolute atomic E-state index is 13.2. The summed E-state index contributed by atoms with van der Waals surface area (Å²) in [5.41, 5.74) is 5.45. The molecule has 0 aliphatic rings. The van der Waals surface area contributed by atoms with E-state index < -0.39 is 0 Å². The summed E-state index contributed by atoms with van der Waals surface area (Å²) in [5.74, 6) is -0.210. The van der Waals surface area contributed by atoms with E-state index in [9.17, 15) is 4.39 Å². The zero-order valence-electron chi connectivity index (χ0n) is 10.4.